The lowest BCUT2D eigenvalue weighted by Gasteiger charge is -2.35. The van der Waals surface area contributed by atoms with Gasteiger partial charge in [0, 0.05) is 40.5 Å². The second kappa shape index (κ2) is 8.56. The first-order valence-corrected chi connectivity index (χ1v) is 9.61. The van der Waals surface area contributed by atoms with Gasteiger partial charge in [0.2, 0.25) is 0 Å². The minimum absolute atomic E-state index is 0. The molecule has 2 aliphatic rings. The van der Waals surface area contributed by atoms with Gasteiger partial charge in [-0.25, -0.2) is 0 Å². The number of benzene rings is 2. The maximum atomic E-state index is 13.4. The molecule has 0 spiro atoms. The van der Waals surface area contributed by atoms with Crippen molar-refractivity contribution in [2.24, 2.45) is 0 Å². The molecule has 0 aromatic heterocycles. The van der Waals surface area contributed by atoms with Crippen molar-refractivity contribution >= 4 is 35.6 Å². The van der Waals surface area contributed by atoms with Crippen LogP contribution in [0, 0.1) is 0 Å². The van der Waals surface area contributed by atoms with Crippen molar-refractivity contribution in [3.8, 4) is 5.75 Å². The van der Waals surface area contributed by atoms with Crippen LogP contribution in [-0.2, 0) is 0 Å². The zero-order chi connectivity index (χ0) is 19.0. The van der Waals surface area contributed by atoms with Gasteiger partial charge in [-0.3, -0.25) is 14.6 Å². The number of hydrogen-bond acceptors (Lipinski definition) is 3. The Morgan fingerprint density at radius 3 is 2.39 bits per heavy atom. The van der Waals surface area contributed by atoms with Crippen LogP contribution in [0.3, 0.4) is 0 Å². The lowest BCUT2D eigenvalue weighted by atomic mass is 10.0. The number of fused-ring (bicyclic) bond motifs is 2. The Morgan fingerprint density at radius 1 is 1.11 bits per heavy atom. The number of carbonyl (C=O) groups is 1. The van der Waals surface area contributed by atoms with Crippen LogP contribution in [-0.4, -0.2) is 37.0 Å². The molecular formula is C22H24Cl2N2O2. The number of ether oxygens (including phenoxy) is 1. The van der Waals surface area contributed by atoms with E-state index in [4.69, 9.17) is 16.3 Å². The van der Waals surface area contributed by atoms with E-state index >= 15 is 0 Å². The quantitative estimate of drug-likeness (QED) is 0.686. The number of methoxy groups -OCH3 is 1. The fourth-order valence-corrected chi connectivity index (χ4v) is 4.18. The highest BCUT2D eigenvalue weighted by atomic mass is 35.5. The van der Waals surface area contributed by atoms with Crippen molar-refractivity contribution in [2.45, 2.75) is 31.3 Å². The largest absolute Gasteiger partial charge is 0.497 e. The summed E-state index contributed by atoms with van der Waals surface area (Å²) in [4.78, 5) is 17.7. The molecule has 2 aromatic rings. The Morgan fingerprint density at radius 2 is 1.79 bits per heavy atom. The van der Waals surface area contributed by atoms with Gasteiger partial charge in [0.1, 0.15) is 5.75 Å². The van der Waals surface area contributed by atoms with Gasteiger partial charge in [-0.15, -0.1) is 12.4 Å². The zero-order valence-electron chi connectivity index (χ0n) is 16.0. The van der Waals surface area contributed by atoms with Crippen molar-refractivity contribution in [1.82, 2.24) is 4.90 Å². The van der Waals surface area contributed by atoms with Gasteiger partial charge in [0.25, 0.3) is 5.91 Å². The van der Waals surface area contributed by atoms with E-state index in [2.05, 4.69) is 18.0 Å². The molecule has 1 amide bonds. The maximum absolute atomic E-state index is 13.4. The number of carbonyl (C=O) groups excluding carboxylic acids is 1. The topological polar surface area (TPSA) is 32.8 Å². The summed E-state index contributed by atoms with van der Waals surface area (Å²) >= 11 is 6.00. The van der Waals surface area contributed by atoms with Crippen LogP contribution in [0.2, 0.25) is 5.02 Å². The molecular weight excluding hydrogens is 395 g/mol. The molecule has 0 aliphatic carbocycles. The highest BCUT2D eigenvalue weighted by Crippen LogP contribution is 2.37. The first kappa shape index (κ1) is 20.7. The molecule has 2 bridgehead atoms. The summed E-state index contributed by atoms with van der Waals surface area (Å²) in [6.45, 7) is 0. The number of hydrogen-bond donors (Lipinski definition) is 0. The SMILES string of the molecule is COc1ccc(N(C(=O)c2ccc(Cl)cc2)C2=CC3CCC(C2)N3C)cc1.Cl. The van der Waals surface area contributed by atoms with Crippen LogP contribution in [0.15, 0.2) is 60.3 Å². The standard InChI is InChI=1S/C22H23ClN2O2.ClH/c1-24-18-7-8-19(24)14-20(13-18)25(17-9-11-21(27-2)12-10-17)22(26)15-3-5-16(23)6-4-15;/h3-6,9-13,18-19H,7-8,14H2,1-2H3;1H. The van der Waals surface area contributed by atoms with E-state index < -0.39 is 0 Å². The average molecular weight is 419 g/mol. The van der Waals surface area contributed by atoms with E-state index in [-0.39, 0.29) is 18.3 Å². The van der Waals surface area contributed by atoms with Gasteiger partial charge in [-0.2, -0.15) is 0 Å². The van der Waals surface area contributed by atoms with Crippen molar-refractivity contribution < 1.29 is 9.53 Å². The van der Waals surface area contributed by atoms with E-state index in [0.29, 0.717) is 22.7 Å². The van der Waals surface area contributed by atoms with Crippen molar-refractivity contribution in [3.63, 3.8) is 0 Å². The Kier molecular flexibility index (Phi) is 6.33. The van der Waals surface area contributed by atoms with Gasteiger partial charge in [-0.05, 0) is 74.5 Å². The number of nitrogens with zero attached hydrogens (tertiary/aromatic N) is 2. The predicted octanol–water partition coefficient (Wildman–Crippen LogP) is 5.17. The second-order valence-electron chi connectivity index (χ2n) is 7.17. The smallest absolute Gasteiger partial charge is 0.262 e. The summed E-state index contributed by atoms with van der Waals surface area (Å²) in [6, 6.07) is 15.6. The highest BCUT2D eigenvalue weighted by molar-refractivity contribution is 6.30. The van der Waals surface area contributed by atoms with E-state index in [1.807, 2.05) is 29.2 Å². The average Bonchev–Trinajstić information content (AvgIpc) is 2.90. The lowest BCUT2D eigenvalue weighted by molar-refractivity contribution is 0.0991. The lowest BCUT2D eigenvalue weighted by Crippen LogP contribution is -2.40. The summed E-state index contributed by atoms with van der Waals surface area (Å²) in [6.07, 6.45) is 5.45. The Balaban J connectivity index is 0.00000225. The van der Waals surface area contributed by atoms with Crippen molar-refractivity contribution in [3.05, 3.63) is 70.9 Å². The summed E-state index contributed by atoms with van der Waals surface area (Å²) in [5, 5.41) is 0.624. The molecule has 1 fully saturated rings. The third kappa shape index (κ3) is 3.90. The molecule has 28 heavy (non-hydrogen) atoms. The van der Waals surface area contributed by atoms with E-state index in [1.54, 1.807) is 31.4 Å². The van der Waals surface area contributed by atoms with Crippen LogP contribution in [0.4, 0.5) is 5.69 Å². The van der Waals surface area contributed by atoms with Gasteiger partial charge < -0.3 is 4.74 Å². The molecule has 0 radical (unpaired) electrons. The third-order valence-corrected chi connectivity index (χ3v) is 5.89. The Hall–Kier alpha value is -2.01. The molecule has 2 aliphatic heterocycles. The van der Waals surface area contributed by atoms with Crippen molar-refractivity contribution in [2.75, 3.05) is 19.1 Å². The highest BCUT2D eigenvalue weighted by Gasteiger charge is 2.37. The molecule has 2 unspecified atom stereocenters. The van der Waals surface area contributed by atoms with Gasteiger partial charge in [0.05, 0.1) is 7.11 Å². The zero-order valence-corrected chi connectivity index (χ0v) is 17.5. The number of likely N-dealkylation sites (N-methyl/N-ethyl adjacent to an activating group) is 1. The first-order valence-electron chi connectivity index (χ1n) is 9.23. The molecule has 4 rings (SSSR count). The van der Waals surface area contributed by atoms with E-state index in [0.717, 1.165) is 30.0 Å². The van der Waals surface area contributed by atoms with Crippen LogP contribution in [0.25, 0.3) is 0 Å². The van der Waals surface area contributed by atoms with Gasteiger partial charge >= 0.3 is 0 Å². The monoisotopic (exact) mass is 418 g/mol. The summed E-state index contributed by atoms with van der Waals surface area (Å²) in [5.74, 6) is 0.738. The Bertz CT molecular complexity index is 865. The van der Waals surface area contributed by atoms with E-state index in [9.17, 15) is 4.79 Å². The molecule has 4 nitrogen and oxygen atoms in total. The molecule has 0 saturated carbocycles. The first-order chi connectivity index (χ1) is 13.1. The van der Waals surface area contributed by atoms with E-state index in [1.165, 1.54) is 6.42 Å². The molecule has 148 valence electrons. The Labute approximate surface area is 177 Å². The summed E-state index contributed by atoms with van der Waals surface area (Å²) < 4.78 is 5.27. The molecule has 6 heteroatoms. The van der Waals surface area contributed by atoms with Crippen LogP contribution in [0.1, 0.15) is 29.6 Å². The molecule has 1 saturated heterocycles. The fourth-order valence-electron chi connectivity index (χ4n) is 4.05. The minimum atomic E-state index is -0.0352. The third-order valence-electron chi connectivity index (χ3n) is 5.64. The normalized spacial score (nSPS) is 20.9. The van der Waals surface area contributed by atoms with Crippen LogP contribution < -0.4 is 9.64 Å². The summed E-state index contributed by atoms with van der Waals surface area (Å²) in [7, 11) is 3.82. The number of rotatable bonds is 4. The van der Waals surface area contributed by atoms with Crippen LogP contribution in [0.5, 0.6) is 5.75 Å². The number of amides is 1. The molecule has 2 heterocycles. The number of anilines is 1. The maximum Gasteiger partial charge on any atom is 0.262 e. The van der Waals surface area contributed by atoms with Crippen molar-refractivity contribution in [1.29, 1.82) is 0 Å². The minimum Gasteiger partial charge on any atom is -0.497 e. The fraction of sp³-hybridized carbons (Fsp3) is 0.318. The van der Waals surface area contributed by atoms with Gasteiger partial charge in [-0.1, -0.05) is 11.6 Å². The van der Waals surface area contributed by atoms with Gasteiger partial charge in [0.15, 0.2) is 0 Å². The predicted molar refractivity (Wildman–Crippen MR) is 116 cm³/mol. The molecule has 0 N–H and O–H groups in total. The second-order valence-corrected chi connectivity index (χ2v) is 7.61. The molecule has 2 aromatic carbocycles. The summed E-state index contributed by atoms with van der Waals surface area (Å²) in [5.41, 5.74) is 2.55. The number of halogens is 2. The van der Waals surface area contributed by atoms with Crippen LogP contribution >= 0.6 is 24.0 Å². The molecule has 2 atom stereocenters.